The van der Waals surface area contributed by atoms with E-state index in [0.717, 1.165) is 16.7 Å². The summed E-state index contributed by atoms with van der Waals surface area (Å²) in [6.45, 7) is 0. The van der Waals surface area contributed by atoms with Crippen molar-refractivity contribution in [1.82, 2.24) is 0 Å². The van der Waals surface area contributed by atoms with Gasteiger partial charge in [-0.15, -0.1) is 0 Å². The summed E-state index contributed by atoms with van der Waals surface area (Å²) in [5, 5.41) is 15.5. The molecule has 0 saturated heterocycles. The number of rotatable bonds is 4. The maximum absolute atomic E-state index is 11.8. The van der Waals surface area contributed by atoms with Crippen molar-refractivity contribution < 1.29 is 14.3 Å². The van der Waals surface area contributed by atoms with Crippen LogP contribution in [-0.4, -0.2) is 18.9 Å². The SMILES string of the molecule is COc1ccc(NC(=O)C(=O)Nc2ccc(SC#N)cc2)cc1. The Labute approximate surface area is 137 Å². The number of nitrogens with zero attached hydrogens (tertiary/aromatic N) is 1. The lowest BCUT2D eigenvalue weighted by molar-refractivity contribution is -0.132. The minimum atomic E-state index is -0.776. The molecule has 0 radical (unpaired) electrons. The third kappa shape index (κ3) is 4.76. The highest BCUT2D eigenvalue weighted by molar-refractivity contribution is 8.03. The van der Waals surface area contributed by atoms with Crippen LogP contribution < -0.4 is 15.4 Å². The summed E-state index contributed by atoms with van der Waals surface area (Å²) in [6, 6.07) is 13.3. The van der Waals surface area contributed by atoms with E-state index in [9.17, 15) is 9.59 Å². The Morgan fingerprint density at radius 2 is 1.43 bits per heavy atom. The van der Waals surface area contributed by atoms with Crippen LogP contribution in [0.2, 0.25) is 0 Å². The van der Waals surface area contributed by atoms with Gasteiger partial charge in [-0.25, -0.2) is 0 Å². The first-order valence-electron chi connectivity index (χ1n) is 6.55. The fourth-order valence-electron chi connectivity index (χ4n) is 1.71. The van der Waals surface area contributed by atoms with Gasteiger partial charge in [0.05, 0.1) is 7.11 Å². The molecule has 2 N–H and O–H groups in total. The van der Waals surface area contributed by atoms with Crippen LogP contribution in [0.25, 0.3) is 0 Å². The van der Waals surface area contributed by atoms with E-state index in [1.165, 1.54) is 0 Å². The van der Waals surface area contributed by atoms with Crippen molar-refractivity contribution in [2.24, 2.45) is 0 Å². The summed E-state index contributed by atoms with van der Waals surface area (Å²) >= 11 is 1.02. The molecule has 0 aliphatic rings. The lowest BCUT2D eigenvalue weighted by atomic mass is 10.3. The van der Waals surface area contributed by atoms with Gasteiger partial charge in [0.15, 0.2) is 0 Å². The molecule has 2 aromatic carbocycles. The average Bonchev–Trinajstić information content (AvgIpc) is 2.57. The van der Waals surface area contributed by atoms with Crippen molar-refractivity contribution in [3.63, 3.8) is 0 Å². The molecule has 0 aliphatic carbocycles. The zero-order valence-electron chi connectivity index (χ0n) is 12.2. The number of hydrogen-bond acceptors (Lipinski definition) is 5. The molecule has 116 valence electrons. The van der Waals surface area contributed by atoms with Gasteiger partial charge >= 0.3 is 11.8 Å². The standard InChI is InChI=1S/C16H13N3O3S/c1-22-13-6-2-11(3-7-13)18-15(20)16(21)19-12-4-8-14(9-5-12)23-10-17/h2-9H,1H3,(H,18,20)(H,19,21). The number of nitriles is 1. The Balaban J connectivity index is 1.93. The van der Waals surface area contributed by atoms with Gasteiger partial charge < -0.3 is 15.4 Å². The summed E-state index contributed by atoms with van der Waals surface area (Å²) in [4.78, 5) is 24.4. The van der Waals surface area contributed by atoms with Gasteiger partial charge in [-0.1, -0.05) is 0 Å². The second-order valence-electron chi connectivity index (χ2n) is 4.35. The third-order valence-electron chi connectivity index (χ3n) is 2.83. The van der Waals surface area contributed by atoms with Crippen LogP contribution in [0.1, 0.15) is 0 Å². The van der Waals surface area contributed by atoms with Gasteiger partial charge in [0.25, 0.3) is 0 Å². The molecule has 2 amide bonds. The number of ether oxygens (including phenoxy) is 1. The second kappa shape index (κ2) is 7.87. The number of hydrogen-bond donors (Lipinski definition) is 2. The minimum absolute atomic E-state index is 0.474. The lowest BCUT2D eigenvalue weighted by Crippen LogP contribution is -2.29. The van der Waals surface area contributed by atoms with Crippen LogP contribution in [0.5, 0.6) is 5.75 Å². The maximum atomic E-state index is 11.8. The van der Waals surface area contributed by atoms with E-state index in [-0.39, 0.29) is 0 Å². The Kier molecular flexibility index (Phi) is 5.61. The zero-order chi connectivity index (χ0) is 16.7. The van der Waals surface area contributed by atoms with Crippen molar-refractivity contribution in [3.05, 3.63) is 48.5 Å². The summed E-state index contributed by atoms with van der Waals surface area (Å²) in [7, 11) is 1.54. The maximum Gasteiger partial charge on any atom is 0.314 e. The quantitative estimate of drug-likeness (QED) is 0.512. The van der Waals surface area contributed by atoms with Gasteiger partial charge in [0.1, 0.15) is 11.2 Å². The molecule has 2 aromatic rings. The summed E-state index contributed by atoms with van der Waals surface area (Å²) < 4.78 is 5.01. The highest BCUT2D eigenvalue weighted by Gasteiger charge is 2.14. The van der Waals surface area contributed by atoms with Crippen LogP contribution in [0, 0.1) is 10.7 Å². The predicted molar refractivity (Wildman–Crippen MR) is 88.2 cm³/mol. The number of carbonyl (C=O) groups is 2. The summed E-state index contributed by atoms with van der Waals surface area (Å²) in [6.07, 6.45) is 0. The molecule has 6 nitrogen and oxygen atoms in total. The molecule has 0 saturated carbocycles. The Hall–Kier alpha value is -2.98. The number of benzene rings is 2. The zero-order valence-corrected chi connectivity index (χ0v) is 13.0. The highest BCUT2D eigenvalue weighted by atomic mass is 32.2. The molecule has 0 fully saturated rings. The van der Waals surface area contributed by atoms with E-state index < -0.39 is 11.8 Å². The van der Waals surface area contributed by atoms with E-state index in [1.807, 2.05) is 5.40 Å². The average molecular weight is 327 g/mol. The molecule has 0 unspecified atom stereocenters. The number of anilines is 2. The van der Waals surface area contributed by atoms with Crippen molar-refractivity contribution in [1.29, 1.82) is 5.26 Å². The van der Waals surface area contributed by atoms with Crippen molar-refractivity contribution in [2.75, 3.05) is 17.7 Å². The van der Waals surface area contributed by atoms with Gasteiger partial charge in [-0.05, 0) is 60.3 Å². The van der Waals surface area contributed by atoms with E-state index in [0.29, 0.717) is 17.1 Å². The molecule has 0 aliphatic heterocycles. The van der Waals surface area contributed by atoms with E-state index >= 15 is 0 Å². The summed E-state index contributed by atoms with van der Waals surface area (Å²) in [5.41, 5.74) is 0.967. The molecular weight excluding hydrogens is 314 g/mol. The molecule has 0 heterocycles. The van der Waals surface area contributed by atoms with Crippen molar-refractivity contribution >= 4 is 35.0 Å². The van der Waals surface area contributed by atoms with Crippen LogP contribution in [-0.2, 0) is 9.59 Å². The number of carbonyl (C=O) groups excluding carboxylic acids is 2. The minimum Gasteiger partial charge on any atom is -0.497 e. The summed E-state index contributed by atoms with van der Waals surface area (Å²) in [5.74, 6) is -0.894. The molecule has 7 heteroatoms. The van der Waals surface area contributed by atoms with Crippen LogP contribution in [0.15, 0.2) is 53.4 Å². The normalized spacial score (nSPS) is 9.57. The van der Waals surface area contributed by atoms with Crippen LogP contribution in [0.3, 0.4) is 0 Å². The first-order valence-corrected chi connectivity index (χ1v) is 7.36. The number of thiocyanates is 1. The van der Waals surface area contributed by atoms with Crippen molar-refractivity contribution in [2.45, 2.75) is 4.90 Å². The van der Waals surface area contributed by atoms with Gasteiger partial charge in [-0.3, -0.25) is 9.59 Å². The lowest BCUT2D eigenvalue weighted by Gasteiger charge is -2.07. The highest BCUT2D eigenvalue weighted by Crippen LogP contribution is 2.19. The molecule has 23 heavy (non-hydrogen) atoms. The molecule has 0 bridgehead atoms. The van der Waals surface area contributed by atoms with Gasteiger partial charge in [0, 0.05) is 16.3 Å². The first-order chi connectivity index (χ1) is 11.1. The number of nitrogens with one attached hydrogen (secondary N) is 2. The monoisotopic (exact) mass is 327 g/mol. The number of amides is 2. The Morgan fingerprint density at radius 1 is 0.957 bits per heavy atom. The number of methoxy groups -OCH3 is 1. The van der Waals surface area contributed by atoms with E-state index in [1.54, 1.807) is 55.6 Å². The molecule has 0 atom stereocenters. The Bertz CT molecular complexity index is 737. The smallest absolute Gasteiger partial charge is 0.314 e. The van der Waals surface area contributed by atoms with Gasteiger partial charge in [-0.2, -0.15) is 5.26 Å². The topological polar surface area (TPSA) is 91.2 Å². The van der Waals surface area contributed by atoms with Gasteiger partial charge in [0.2, 0.25) is 0 Å². The fourth-order valence-corrected chi connectivity index (χ4v) is 2.09. The Morgan fingerprint density at radius 3 is 1.87 bits per heavy atom. The molecule has 0 spiro atoms. The molecule has 2 rings (SSSR count). The second-order valence-corrected chi connectivity index (χ2v) is 5.21. The molecule has 0 aromatic heterocycles. The van der Waals surface area contributed by atoms with E-state index in [4.69, 9.17) is 10.00 Å². The third-order valence-corrected chi connectivity index (χ3v) is 3.43. The van der Waals surface area contributed by atoms with Crippen molar-refractivity contribution in [3.8, 4) is 11.2 Å². The first kappa shape index (κ1) is 16.4. The fraction of sp³-hybridized carbons (Fsp3) is 0.0625. The largest absolute Gasteiger partial charge is 0.497 e. The van der Waals surface area contributed by atoms with Crippen LogP contribution in [0.4, 0.5) is 11.4 Å². The van der Waals surface area contributed by atoms with Crippen LogP contribution >= 0.6 is 11.8 Å². The van der Waals surface area contributed by atoms with E-state index in [2.05, 4.69) is 10.6 Å². The predicted octanol–water partition coefficient (Wildman–Crippen LogP) is 2.85. The number of thioether (sulfide) groups is 1. The molecular formula is C16H13N3O3S.